The lowest BCUT2D eigenvalue weighted by molar-refractivity contribution is 0.0594. The van der Waals surface area contributed by atoms with E-state index in [1.165, 1.54) is 19.1 Å². The Morgan fingerprint density at radius 2 is 1.77 bits per heavy atom. The minimum absolute atomic E-state index is 0.149. The van der Waals surface area contributed by atoms with E-state index >= 15 is 0 Å². The number of fused-ring (bicyclic) bond motifs is 1. The van der Waals surface area contributed by atoms with Crippen LogP contribution in [0.5, 0.6) is 0 Å². The average molecular weight is 465 g/mol. The number of aromatic nitrogens is 5. The van der Waals surface area contributed by atoms with Crippen molar-refractivity contribution < 1.29 is 9.53 Å². The Bertz CT molecular complexity index is 1530. The lowest BCUT2D eigenvalue weighted by Crippen LogP contribution is -2.43. The summed E-state index contributed by atoms with van der Waals surface area (Å²) >= 11 is 0. The summed E-state index contributed by atoms with van der Waals surface area (Å²) in [4.78, 5) is 16.9. The van der Waals surface area contributed by atoms with E-state index in [0.29, 0.717) is 11.5 Å². The number of imidazole rings is 1. The van der Waals surface area contributed by atoms with Gasteiger partial charge in [-0.1, -0.05) is 48.5 Å². The van der Waals surface area contributed by atoms with Gasteiger partial charge in [-0.15, -0.1) is 0 Å². The highest BCUT2D eigenvalue weighted by Crippen LogP contribution is 2.40. The smallest absolute Gasteiger partial charge is 0.360 e. The van der Waals surface area contributed by atoms with Gasteiger partial charge in [0.25, 0.3) is 0 Å². The molecule has 5 aromatic rings. The Labute approximate surface area is 202 Å². The Kier molecular flexibility index (Phi) is 4.96. The van der Waals surface area contributed by atoms with Crippen molar-refractivity contribution >= 4 is 11.6 Å². The Hall–Kier alpha value is -4.30. The maximum absolute atomic E-state index is 12.4. The van der Waals surface area contributed by atoms with E-state index in [1.54, 1.807) is 27.7 Å². The predicted octanol–water partition coefficient (Wildman–Crippen LogP) is 4.37. The number of carbonyl (C=O) groups is 1. The third-order valence-corrected chi connectivity index (χ3v) is 6.77. The highest BCUT2D eigenvalue weighted by Gasteiger charge is 2.34. The van der Waals surface area contributed by atoms with Crippen LogP contribution >= 0.6 is 0 Å². The lowest BCUT2D eigenvalue weighted by Gasteiger charge is -2.38. The SMILES string of the molecule is COC(=O)c1nc2ccc(-c3ccccc3-c3ccc(C4(N)CCC4)cc3)nn2c1-n1cccn1. The molecule has 6 rings (SSSR count). The van der Waals surface area contributed by atoms with E-state index in [1.807, 2.05) is 30.3 Å². The summed E-state index contributed by atoms with van der Waals surface area (Å²) in [7, 11) is 1.33. The molecule has 1 fully saturated rings. The Morgan fingerprint density at radius 3 is 2.43 bits per heavy atom. The molecule has 174 valence electrons. The molecule has 0 amide bonds. The number of ether oxygens (including phenoxy) is 1. The Morgan fingerprint density at radius 1 is 1.00 bits per heavy atom. The van der Waals surface area contributed by atoms with Crippen LogP contribution < -0.4 is 5.73 Å². The van der Waals surface area contributed by atoms with E-state index in [4.69, 9.17) is 15.6 Å². The van der Waals surface area contributed by atoms with Gasteiger partial charge in [0.1, 0.15) is 0 Å². The molecule has 8 heteroatoms. The number of nitrogens with two attached hydrogens (primary N) is 1. The monoisotopic (exact) mass is 464 g/mol. The first-order valence-corrected chi connectivity index (χ1v) is 11.5. The molecular formula is C27H24N6O2. The van der Waals surface area contributed by atoms with Crippen LogP contribution in [0.3, 0.4) is 0 Å². The fourth-order valence-electron chi connectivity index (χ4n) is 4.68. The molecule has 3 heterocycles. The molecule has 3 aromatic heterocycles. The second-order valence-electron chi connectivity index (χ2n) is 8.85. The number of esters is 1. The molecule has 0 bridgehead atoms. The average Bonchev–Trinajstić information content (AvgIpc) is 3.54. The topological polar surface area (TPSA) is 100 Å². The van der Waals surface area contributed by atoms with Gasteiger partial charge in [-0.05, 0) is 54.2 Å². The molecule has 2 aromatic carbocycles. The van der Waals surface area contributed by atoms with Crippen molar-refractivity contribution in [3.05, 3.63) is 90.4 Å². The van der Waals surface area contributed by atoms with Crippen molar-refractivity contribution in [2.24, 2.45) is 5.73 Å². The highest BCUT2D eigenvalue weighted by molar-refractivity contribution is 5.92. The molecule has 0 saturated heterocycles. The van der Waals surface area contributed by atoms with Crippen LogP contribution in [0.1, 0.15) is 35.3 Å². The fourth-order valence-corrected chi connectivity index (χ4v) is 4.68. The lowest BCUT2D eigenvalue weighted by atomic mass is 9.72. The number of hydrogen-bond donors (Lipinski definition) is 1. The second kappa shape index (κ2) is 8.18. The number of methoxy groups -OCH3 is 1. The van der Waals surface area contributed by atoms with E-state index in [9.17, 15) is 4.79 Å². The zero-order chi connectivity index (χ0) is 24.0. The molecule has 8 nitrogen and oxygen atoms in total. The molecule has 1 aliphatic carbocycles. The molecule has 0 atom stereocenters. The number of hydrogen-bond acceptors (Lipinski definition) is 6. The molecular weight excluding hydrogens is 440 g/mol. The predicted molar refractivity (Wildman–Crippen MR) is 132 cm³/mol. The summed E-state index contributed by atoms with van der Waals surface area (Å²) in [5.41, 5.74) is 12.0. The van der Waals surface area contributed by atoms with Crippen LogP contribution in [0.2, 0.25) is 0 Å². The third kappa shape index (κ3) is 3.50. The quantitative estimate of drug-likeness (QED) is 0.388. The van der Waals surface area contributed by atoms with Crippen molar-refractivity contribution in [1.29, 1.82) is 0 Å². The first-order valence-electron chi connectivity index (χ1n) is 11.5. The summed E-state index contributed by atoms with van der Waals surface area (Å²) in [6.07, 6.45) is 6.62. The van der Waals surface area contributed by atoms with Gasteiger partial charge in [0.05, 0.1) is 12.8 Å². The summed E-state index contributed by atoms with van der Waals surface area (Å²) in [5.74, 6) is -0.124. The second-order valence-corrected chi connectivity index (χ2v) is 8.85. The van der Waals surface area contributed by atoms with Crippen molar-refractivity contribution in [1.82, 2.24) is 24.4 Å². The normalized spacial score (nSPS) is 14.6. The van der Waals surface area contributed by atoms with E-state index in [-0.39, 0.29) is 11.2 Å². The van der Waals surface area contributed by atoms with Crippen LogP contribution in [-0.2, 0) is 10.3 Å². The minimum Gasteiger partial charge on any atom is -0.464 e. The molecule has 0 unspecified atom stereocenters. The van der Waals surface area contributed by atoms with Crippen molar-refractivity contribution in [3.8, 4) is 28.2 Å². The summed E-state index contributed by atoms with van der Waals surface area (Å²) < 4.78 is 8.14. The molecule has 2 N–H and O–H groups in total. The van der Waals surface area contributed by atoms with Crippen molar-refractivity contribution in [3.63, 3.8) is 0 Å². The maximum Gasteiger partial charge on any atom is 0.360 e. The van der Waals surface area contributed by atoms with E-state index in [0.717, 1.165) is 35.2 Å². The summed E-state index contributed by atoms with van der Waals surface area (Å²) in [6, 6.07) is 22.2. The van der Waals surface area contributed by atoms with Crippen LogP contribution in [0.4, 0.5) is 0 Å². The molecule has 1 saturated carbocycles. The van der Waals surface area contributed by atoms with Gasteiger partial charge in [-0.25, -0.2) is 14.5 Å². The van der Waals surface area contributed by atoms with Crippen LogP contribution in [-0.4, -0.2) is 37.5 Å². The Balaban J connectivity index is 1.47. The van der Waals surface area contributed by atoms with E-state index in [2.05, 4.69) is 40.4 Å². The van der Waals surface area contributed by atoms with Crippen LogP contribution in [0.25, 0.3) is 33.8 Å². The highest BCUT2D eigenvalue weighted by atomic mass is 16.5. The third-order valence-electron chi connectivity index (χ3n) is 6.77. The fraction of sp³-hybridized carbons (Fsp3) is 0.185. The van der Waals surface area contributed by atoms with Gasteiger partial charge >= 0.3 is 5.97 Å². The first kappa shape index (κ1) is 21.2. The largest absolute Gasteiger partial charge is 0.464 e. The first-order chi connectivity index (χ1) is 17.1. The van der Waals surface area contributed by atoms with Gasteiger partial charge < -0.3 is 10.5 Å². The number of nitrogens with zero attached hydrogens (tertiary/aromatic N) is 5. The van der Waals surface area contributed by atoms with Crippen LogP contribution in [0, 0.1) is 0 Å². The standard InChI is InChI=1S/C27H24N6O2/c1-35-26(34)24-25(32-17-5-16-29-32)33-23(30-24)13-12-22(31-33)21-7-3-2-6-20(21)18-8-10-19(11-9-18)27(28)14-4-15-27/h2-3,5-13,16-17H,4,14-15,28H2,1H3. The van der Waals surface area contributed by atoms with Gasteiger partial charge in [0, 0.05) is 23.5 Å². The summed E-state index contributed by atoms with van der Waals surface area (Å²) in [5, 5.41) is 9.16. The zero-order valence-corrected chi connectivity index (χ0v) is 19.3. The minimum atomic E-state index is -0.549. The van der Waals surface area contributed by atoms with Gasteiger partial charge in [-0.2, -0.15) is 14.7 Å². The maximum atomic E-state index is 12.4. The number of benzene rings is 2. The molecule has 0 radical (unpaired) electrons. The van der Waals surface area contributed by atoms with Crippen molar-refractivity contribution in [2.45, 2.75) is 24.8 Å². The van der Waals surface area contributed by atoms with Gasteiger partial charge in [0.2, 0.25) is 0 Å². The van der Waals surface area contributed by atoms with Crippen molar-refractivity contribution in [2.75, 3.05) is 7.11 Å². The molecule has 0 spiro atoms. The number of rotatable bonds is 5. The number of carbonyl (C=O) groups excluding carboxylic acids is 1. The van der Waals surface area contributed by atoms with Gasteiger partial charge in [-0.3, -0.25) is 0 Å². The molecule has 1 aliphatic rings. The molecule has 35 heavy (non-hydrogen) atoms. The molecule has 0 aliphatic heterocycles. The zero-order valence-electron chi connectivity index (χ0n) is 19.3. The van der Waals surface area contributed by atoms with Crippen LogP contribution in [0.15, 0.2) is 79.1 Å². The van der Waals surface area contributed by atoms with Gasteiger partial charge in [0.15, 0.2) is 17.2 Å². The summed E-state index contributed by atoms with van der Waals surface area (Å²) in [6.45, 7) is 0. The van der Waals surface area contributed by atoms with E-state index < -0.39 is 5.97 Å².